The van der Waals surface area contributed by atoms with Gasteiger partial charge in [0, 0.05) is 6.42 Å². The fraction of sp³-hybridized carbons (Fsp3) is 0.944. The Kier molecular flexibility index (Phi) is 11.2. The number of ether oxygens (including phenoxy) is 2. The molecule has 0 saturated carbocycles. The number of aliphatic hydroxyl groups is 4. The van der Waals surface area contributed by atoms with E-state index in [1.165, 1.54) is 38.5 Å². The first-order valence-electron chi connectivity index (χ1n) is 9.50. The molecule has 0 bridgehead atoms. The summed E-state index contributed by atoms with van der Waals surface area (Å²) < 4.78 is 9.82. The van der Waals surface area contributed by atoms with E-state index in [1.54, 1.807) is 0 Å². The van der Waals surface area contributed by atoms with Gasteiger partial charge in [0.05, 0.1) is 0 Å². The van der Waals surface area contributed by atoms with Gasteiger partial charge in [-0.2, -0.15) is 0 Å². The molecule has 0 spiro atoms. The molecule has 7 nitrogen and oxygen atoms in total. The number of hydrogen-bond acceptors (Lipinski definition) is 7. The topological polar surface area (TPSA) is 116 Å². The van der Waals surface area contributed by atoms with Crippen molar-refractivity contribution >= 4 is 5.97 Å². The summed E-state index contributed by atoms with van der Waals surface area (Å²) >= 11 is 0. The van der Waals surface area contributed by atoms with Crippen LogP contribution in [0.5, 0.6) is 0 Å². The second kappa shape index (κ2) is 12.6. The largest absolute Gasteiger partial charge is 0.463 e. The van der Waals surface area contributed by atoms with Gasteiger partial charge in [0.15, 0.2) is 6.29 Å². The van der Waals surface area contributed by atoms with E-state index in [-0.39, 0.29) is 6.61 Å². The summed E-state index contributed by atoms with van der Waals surface area (Å²) in [5, 5.41) is 38.1. The van der Waals surface area contributed by atoms with Crippen molar-refractivity contribution in [1.29, 1.82) is 0 Å². The molecule has 1 aliphatic heterocycles. The van der Waals surface area contributed by atoms with E-state index in [1.807, 2.05) is 0 Å². The Bertz CT molecular complexity index is 363. The molecule has 0 unspecified atom stereocenters. The molecular formula is C18H34O7. The van der Waals surface area contributed by atoms with Crippen LogP contribution in [-0.2, 0) is 14.3 Å². The SMILES string of the molecule is CCCCCCCCCCCC(=O)OC[C@@H](O)[C@H]1O[C@H](O)[C@H](O)[C@@H]1O. The fourth-order valence-electron chi connectivity index (χ4n) is 2.93. The van der Waals surface area contributed by atoms with Crippen molar-refractivity contribution in [3.05, 3.63) is 0 Å². The summed E-state index contributed by atoms with van der Waals surface area (Å²) in [6.07, 6.45) is 3.81. The molecule has 0 aromatic rings. The lowest BCUT2D eigenvalue weighted by Gasteiger charge is -2.20. The van der Waals surface area contributed by atoms with Gasteiger partial charge >= 0.3 is 5.97 Å². The zero-order valence-electron chi connectivity index (χ0n) is 15.2. The Morgan fingerprint density at radius 2 is 1.52 bits per heavy atom. The molecular weight excluding hydrogens is 328 g/mol. The van der Waals surface area contributed by atoms with Gasteiger partial charge in [0.2, 0.25) is 0 Å². The second-order valence-electron chi connectivity index (χ2n) is 6.80. The summed E-state index contributed by atoms with van der Waals surface area (Å²) in [7, 11) is 0. The van der Waals surface area contributed by atoms with E-state index >= 15 is 0 Å². The molecule has 0 aromatic carbocycles. The van der Waals surface area contributed by atoms with Crippen molar-refractivity contribution in [2.45, 2.75) is 102 Å². The number of rotatable bonds is 13. The molecule has 1 rings (SSSR count). The van der Waals surface area contributed by atoms with E-state index in [4.69, 9.17) is 9.47 Å². The number of carbonyl (C=O) groups is 1. The molecule has 1 fully saturated rings. The number of unbranched alkanes of at least 4 members (excludes halogenated alkanes) is 8. The molecule has 7 heteroatoms. The van der Waals surface area contributed by atoms with Crippen LogP contribution >= 0.6 is 0 Å². The van der Waals surface area contributed by atoms with Crippen molar-refractivity contribution < 1.29 is 34.7 Å². The highest BCUT2D eigenvalue weighted by molar-refractivity contribution is 5.69. The third-order valence-electron chi connectivity index (χ3n) is 4.55. The lowest BCUT2D eigenvalue weighted by atomic mass is 10.1. The molecule has 0 aromatic heterocycles. The van der Waals surface area contributed by atoms with Gasteiger partial charge < -0.3 is 29.9 Å². The first-order valence-corrected chi connectivity index (χ1v) is 9.50. The van der Waals surface area contributed by atoms with Crippen LogP contribution in [0.25, 0.3) is 0 Å². The first-order chi connectivity index (χ1) is 12.0. The van der Waals surface area contributed by atoms with Gasteiger partial charge in [-0.05, 0) is 6.42 Å². The quantitative estimate of drug-likeness (QED) is 0.288. The number of hydrogen-bond donors (Lipinski definition) is 4. The highest BCUT2D eigenvalue weighted by Crippen LogP contribution is 2.22. The molecule has 4 N–H and O–H groups in total. The minimum Gasteiger partial charge on any atom is -0.463 e. The highest BCUT2D eigenvalue weighted by Gasteiger charge is 2.45. The molecule has 1 heterocycles. The molecule has 148 valence electrons. The zero-order chi connectivity index (χ0) is 18.7. The normalized spacial score (nSPS) is 27.4. The summed E-state index contributed by atoms with van der Waals surface area (Å²) in [6, 6.07) is 0. The second-order valence-corrected chi connectivity index (χ2v) is 6.80. The van der Waals surface area contributed by atoms with Crippen LogP contribution in [0.3, 0.4) is 0 Å². The average Bonchev–Trinajstić information content (AvgIpc) is 2.85. The van der Waals surface area contributed by atoms with Crippen molar-refractivity contribution in [2.75, 3.05) is 6.61 Å². The monoisotopic (exact) mass is 362 g/mol. The van der Waals surface area contributed by atoms with Crippen molar-refractivity contribution in [3.8, 4) is 0 Å². The Morgan fingerprint density at radius 3 is 2.04 bits per heavy atom. The fourth-order valence-corrected chi connectivity index (χ4v) is 2.93. The van der Waals surface area contributed by atoms with Gasteiger partial charge in [-0.15, -0.1) is 0 Å². The zero-order valence-corrected chi connectivity index (χ0v) is 15.2. The predicted octanol–water partition coefficient (Wildman–Crippen LogP) is 1.25. The van der Waals surface area contributed by atoms with Gasteiger partial charge in [-0.25, -0.2) is 0 Å². The third-order valence-corrected chi connectivity index (χ3v) is 4.55. The van der Waals surface area contributed by atoms with E-state index in [0.29, 0.717) is 6.42 Å². The van der Waals surface area contributed by atoms with Crippen LogP contribution in [0.4, 0.5) is 0 Å². The Labute approximate surface area is 150 Å². The Balaban J connectivity index is 2.02. The van der Waals surface area contributed by atoms with Gasteiger partial charge in [-0.1, -0.05) is 58.3 Å². The highest BCUT2D eigenvalue weighted by atomic mass is 16.7. The smallest absolute Gasteiger partial charge is 0.305 e. The summed E-state index contributed by atoms with van der Waals surface area (Å²) in [5.41, 5.74) is 0. The molecule has 25 heavy (non-hydrogen) atoms. The van der Waals surface area contributed by atoms with Crippen LogP contribution in [0.15, 0.2) is 0 Å². The van der Waals surface area contributed by atoms with Gasteiger partial charge in [0.25, 0.3) is 0 Å². The molecule has 1 aliphatic rings. The summed E-state index contributed by atoms with van der Waals surface area (Å²) in [6.45, 7) is 1.87. The maximum Gasteiger partial charge on any atom is 0.305 e. The number of aliphatic hydroxyl groups excluding tert-OH is 4. The van der Waals surface area contributed by atoms with Gasteiger partial charge in [0.1, 0.15) is 31.0 Å². The van der Waals surface area contributed by atoms with Gasteiger partial charge in [-0.3, -0.25) is 4.79 Å². The number of esters is 1. The minimum absolute atomic E-state index is 0.294. The van der Waals surface area contributed by atoms with Crippen LogP contribution in [0.1, 0.15) is 71.1 Å². The standard InChI is InChI=1S/C18H34O7/c1-2-3-4-5-6-7-8-9-10-11-14(20)24-12-13(19)17-15(21)16(22)18(23)25-17/h13,15-19,21-23H,2-12H2,1H3/t13-,15+,16-,17-,18+/m1/s1. The maximum absolute atomic E-state index is 11.6. The number of carbonyl (C=O) groups excluding carboxylic acids is 1. The Morgan fingerprint density at radius 1 is 0.960 bits per heavy atom. The van der Waals surface area contributed by atoms with E-state index in [2.05, 4.69) is 6.92 Å². The van der Waals surface area contributed by atoms with Crippen molar-refractivity contribution in [1.82, 2.24) is 0 Å². The average molecular weight is 362 g/mol. The third kappa shape index (κ3) is 8.46. The lowest BCUT2D eigenvalue weighted by molar-refractivity contribution is -0.163. The molecule has 0 amide bonds. The predicted molar refractivity (Wildman–Crippen MR) is 91.7 cm³/mol. The minimum atomic E-state index is -1.55. The summed E-state index contributed by atoms with van der Waals surface area (Å²) in [4.78, 5) is 11.6. The molecule has 1 saturated heterocycles. The van der Waals surface area contributed by atoms with Crippen molar-refractivity contribution in [2.24, 2.45) is 0 Å². The van der Waals surface area contributed by atoms with Crippen molar-refractivity contribution in [3.63, 3.8) is 0 Å². The van der Waals surface area contributed by atoms with Crippen LogP contribution in [-0.4, -0.2) is 63.7 Å². The van der Waals surface area contributed by atoms with E-state index < -0.39 is 36.7 Å². The lowest BCUT2D eigenvalue weighted by Crippen LogP contribution is -2.41. The van der Waals surface area contributed by atoms with E-state index in [9.17, 15) is 25.2 Å². The van der Waals surface area contributed by atoms with Crippen LogP contribution in [0, 0.1) is 0 Å². The van der Waals surface area contributed by atoms with Crippen LogP contribution < -0.4 is 0 Å². The maximum atomic E-state index is 11.6. The first kappa shape index (κ1) is 22.3. The molecule has 5 atom stereocenters. The Hall–Kier alpha value is -0.730. The summed E-state index contributed by atoms with van der Waals surface area (Å²) in [5.74, 6) is -0.407. The molecule has 0 aliphatic carbocycles. The van der Waals surface area contributed by atoms with Crippen LogP contribution in [0.2, 0.25) is 0 Å². The van der Waals surface area contributed by atoms with E-state index in [0.717, 1.165) is 19.3 Å². The molecule has 0 radical (unpaired) electrons.